The molecular weight excluding hydrogens is 226 g/mol. The van der Waals surface area contributed by atoms with E-state index in [0.29, 0.717) is 6.04 Å². The highest BCUT2D eigenvalue weighted by Gasteiger charge is 2.13. The van der Waals surface area contributed by atoms with Gasteiger partial charge in [-0.05, 0) is 13.8 Å². The molecule has 2 aromatic heterocycles. The molecule has 5 nitrogen and oxygen atoms in total. The SMILES string of the molecule is CC(C)N(C)c1ncnc2c1cnn2C.Cl. The van der Waals surface area contributed by atoms with Gasteiger partial charge in [0.25, 0.3) is 0 Å². The van der Waals surface area contributed by atoms with Crippen molar-refractivity contribution in [2.45, 2.75) is 19.9 Å². The average Bonchev–Trinajstić information content (AvgIpc) is 2.59. The molecule has 0 spiro atoms. The highest BCUT2D eigenvalue weighted by Crippen LogP contribution is 2.22. The maximum absolute atomic E-state index is 4.30. The molecule has 0 amide bonds. The molecule has 0 N–H and O–H groups in total. The van der Waals surface area contributed by atoms with E-state index in [1.165, 1.54) is 0 Å². The number of fused-ring (bicyclic) bond motifs is 1. The predicted molar refractivity (Wildman–Crippen MR) is 67.1 cm³/mol. The molecule has 0 radical (unpaired) electrons. The first kappa shape index (κ1) is 12.7. The van der Waals surface area contributed by atoms with Crippen molar-refractivity contribution < 1.29 is 0 Å². The number of aromatic nitrogens is 4. The van der Waals surface area contributed by atoms with E-state index in [1.807, 2.05) is 20.3 Å². The topological polar surface area (TPSA) is 46.8 Å². The fourth-order valence-corrected chi connectivity index (χ4v) is 1.48. The van der Waals surface area contributed by atoms with Gasteiger partial charge in [-0.2, -0.15) is 5.10 Å². The van der Waals surface area contributed by atoms with Gasteiger partial charge in [-0.1, -0.05) is 0 Å². The maximum Gasteiger partial charge on any atom is 0.163 e. The van der Waals surface area contributed by atoms with Crippen molar-refractivity contribution in [1.29, 1.82) is 0 Å². The van der Waals surface area contributed by atoms with E-state index in [9.17, 15) is 0 Å². The van der Waals surface area contributed by atoms with Crippen molar-refractivity contribution in [3.8, 4) is 0 Å². The van der Waals surface area contributed by atoms with Crippen LogP contribution in [0.3, 0.4) is 0 Å². The Morgan fingerprint density at radius 3 is 2.62 bits per heavy atom. The molecule has 0 fully saturated rings. The summed E-state index contributed by atoms with van der Waals surface area (Å²) in [5.41, 5.74) is 0.868. The first-order valence-corrected chi connectivity index (χ1v) is 4.97. The zero-order valence-corrected chi connectivity index (χ0v) is 10.7. The van der Waals surface area contributed by atoms with Gasteiger partial charge in [-0.25, -0.2) is 9.97 Å². The van der Waals surface area contributed by atoms with Crippen LogP contribution in [-0.4, -0.2) is 32.8 Å². The van der Waals surface area contributed by atoms with Crippen molar-refractivity contribution in [1.82, 2.24) is 19.7 Å². The zero-order valence-electron chi connectivity index (χ0n) is 9.88. The number of anilines is 1. The maximum atomic E-state index is 4.30. The number of halogens is 1. The van der Waals surface area contributed by atoms with Gasteiger partial charge in [0.15, 0.2) is 5.65 Å². The molecule has 0 unspecified atom stereocenters. The first-order valence-electron chi connectivity index (χ1n) is 4.97. The number of nitrogens with zero attached hydrogens (tertiary/aromatic N) is 5. The van der Waals surface area contributed by atoms with Crippen LogP contribution in [0.5, 0.6) is 0 Å². The fraction of sp³-hybridized carbons (Fsp3) is 0.500. The molecule has 0 aliphatic carbocycles. The summed E-state index contributed by atoms with van der Waals surface area (Å²) in [6.45, 7) is 4.26. The molecule has 2 aromatic rings. The van der Waals surface area contributed by atoms with Gasteiger partial charge in [-0.3, -0.25) is 4.68 Å². The zero-order chi connectivity index (χ0) is 11.0. The van der Waals surface area contributed by atoms with Gasteiger partial charge in [0.05, 0.1) is 11.6 Å². The molecule has 0 atom stereocenters. The highest BCUT2D eigenvalue weighted by molar-refractivity contribution is 5.86. The lowest BCUT2D eigenvalue weighted by molar-refractivity contribution is 0.744. The number of rotatable bonds is 2. The average molecular weight is 242 g/mol. The van der Waals surface area contributed by atoms with Crippen molar-refractivity contribution in [3.63, 3.8) is 0 Å². The number of aryl methyl sites for hydroxylation is 1. The third kappa shape index (κ3) is 1.95. The summed E-state index contributed by atoms with van der Waals surface area (Å²) < 4.78 is 1.76. The minimum absolute atomic E-state index is 0. The minimum Gasteiger partial charge on any atom is -0.357 e. The lowest BCUT2D eigenvalue weighted by Crippen LogP contribution is -2.26. The monoisotopic (exact) mass is 241 g/mol. The Labute approximate surface area is 101 Å². The van der Waals surface area contributed by atoms with Crippen LogP contribution in [-0.2, 0) is 7.05 Å². The molecule has 0 aromatic carbocycles. The lowest BCUT2D eigenvalue weighted by atomic mass is 10.3. The van der Waals surface area contributed by atoms with Gasteiger partial charge < -0.3 is 4.90 Å². The molecule has 0 bridgehead atoms. The second-order valence-electron chi connectivity index (χ2n) is 3.91. The van der Waals surface area contributed by atoms with E-state index in [0.717, 1.165) is 16.9 Å². The summed E-state index contributed by atoms with van der Waals surface area (Å²) in [5, 5.41) is 5.18. The summed E-state index contributed by atoms with van der Waals surface area (Å²) in [4.78, 5) is 10.6. The van der Waals surface area contributed by atoms with Crippen LogP contribution in [0.25, 0.3) is 11.0 Å². The lowest BCUT2D eigenvalue weighted by Gasteiger charge is -2.22. The Morgan fingerprint density at radius 1 is 1.31 bits per heavy atom. The van der Waals surface area contributed by atoms with Crippen LogP contribution < -0.4 is 4.90 Å². The van der Waals surface area contributed by atoms with Crippen LogP contribution in [0.15, 0.2) is 12.5 Å². The molecule has 2 rings (SSSR count). The second kappa shape index (κ2) is 4.65. The standard InChI is InChI=1S/C10H15N5.ClH/c1-7(2)14(3)9-8-5-13-15(4)10(8)12-6-11-9;/h5-7H,1-4H3;1H. The van der Waals surface area contributed by atoms with E-state index in [2.05, 4.69) is 33.8 Å². The van der Waals surface area contributed by atoms with E-state index in [1.54, 1.807) is 11.0 Å². The normalized spacial score (nSPS) is 10.6. The Kier molecular flexibility index (Phi) is 3.70. The van der Waals surface area contributed by atoms with Gasteiger partial charge in [-0.15, -0.1) is 12.4 Å². The van der Waals surface area contributed by atoms with E-state index in [4.69, 9.17) is 0 Å². The predicted octanol–water partition coefficient (Wildman–Crippen LogP) is 1.63. The molecule has 88 valence electrons. The fourth-order valence-electron chi connectivity index (χ4n) is 1.48. The number of hydrogen-bond acceptors (Lipinski definition) is 4. The molecule has 0 aliphatic heterocycles. The summed E-state index contributed by atoms with van der Waals surface area (Å²) >= 11 is 0. The Bertz CT molecular complexity index is 479. The summed E-state index contributed by atoms with van der Waals surface area (Å²) in [5.74, 6) is 0.933. The smallest absolute Gasteiger partial charge is 0.163 e. The Morgan fingerprint density at radius 2 is 2.00 bits per heavy atom. The molecular formula is C10H16ClN5. The largest absolute Gasteiger partial charge is 0.357 e. The van der Waals surface area contributed by atoms with Gasteiger partial charge in [0, 0.05) is 20.1 Å². The van der Waals surface area contributed by atoms with Crippen molar-refractivity contribution in [3.05, 3.63) is 12.5 Å². The van der Waals surface area contributed by atoms with Gasteiger partial charge in [0.2, 0.25) is 0 Å². The Balaban J connectivity index is 0.00000128. The van der Waals surface area contributed by atoms with Crippen LogP contribution in [0.2, 0.25) is 0 Å². The van der Waals surface area contributed by atoms with Crippen LogP contribution in [0.4, 0.5) is 5.82 Å². The third-order valence-corrected chi connectivity index (χ3v) is 2.62. The highest BCUT2D eigenvalue weighted by atomic mass is 35.5. The number of hydrogen-bond donors (Lipinski definition) is 0. The van der Waals surface area contributed by atoms with E-state index < -0.39 is 0 Å². The minimum atomic E-state index is 0. The first-order chi connectivity index (χ1) is 7.11. The quantitative estimate of drug-likeness (QED) is 0.802. The summed E-state index contributed by atoms with van der Waals surface area (Å²) in [7, 11) is 3.91. The molecule has 16 heavy (non-hydrogen) atoms. The van der Waals surface area contributed by atoms with Crippen molar-refractivity contribution >= 4 is 29.3 Å². The molecule has 0 saturated heterocycles. The van der Waals surface area contributed by atoms with Crippen molar-refractivity contribution in [2.75, 3.05) is 11.9 Å². The second-order valence-corrected chi connectivity index (χ2v) is 3.91. The van der Waals surface area contributed by atoms with Gasteiger partial charge >= 0.3 is 0 Å². The summed E-state index contributed by atoms with van der Waals surface area (Å²) in [6, 6.07) is 0.406. The van der Waals surface area contributed by atoms with Crippen molar-refractivity contribution in [2.24, 2.45) is 7.05 Å². The van der Waals surface area contributed by atoms with Crippen LogP contribution in [0.1, 0.15) is 13.8 Å². The molecule has 6 heteroatoms. The molecule has 0 aliphatic rings. The van der Waals surface area contributed by atoms with E-state index >= 15 is 0 Å². The van der Waals surface area contributed by atoms with Crippen LogP contribution in [0, 0.1) is 0 Å². The molecule has 2 heterocycles. The summed E-state index contributed by atoms with van der Waals surface area (Å²) in [6.07, 6.45) is 3.39. The van der Waals surface area contributed by atoms with Gasteiger partial charge in [0.1, 0.15) is 12.1 Å². The molecule has 0 saturated carbocycles. The van der Waals surface area contributed by atoms with Crippen LogP contribution >= 0.6 is 12.4 Å². The third-order valence-electron chi connectivity index (χ3n) is 2.62. The van der Waals surface area contributed by atoms with E-state index in [-0.39, 0.29) is 12.4 Å². The Hall–Kier alpha value is -1.36.